The molecule has 1 atom stereocenters. The molecule has 1 aliphatic rings. The zero-order chi connectivity index (χ0) is 21.4. The molecule has 0 radical (unpaired) electrons. The number of fused-ring (bicyclic) bond motifs is 1. The van der Waals surface area contributed by atoms with Crippen LogP contribution in [-0.2, 0) is 6.18 Å². The van der Waals surface area contributed by atoms with Crippen molar-refractivity contribution < 1.29 is 13.2 Å². The summed E-state index contributed by atoms with van der Waals surface area (Å²) in [5.74, 6) is 0.192. The normalized spacial score (nSPS) is 17.2. The molecule has 1 aromatic carbocycles. The van der Waals surface area contributed by atoms with Crippen LogP contribution in [0.3, 0.4) is 0 Å². The van der Waals surface area contributed by atoms with Gasteiger partial charge in [0.25, 0.3) is 0 Å². The number of piperidine rings is 1. The van der Waals surface area contributed by atoms with Crippen LogP contribution >= 0.6 is 0 Å². The van der Waals surface area contributed by atoms with Crippen LogP contribution in [0.15, 0.2) is 43.0 Å². The van der Waals surface area contributed by atoms with E-state index in [1.807, 2.05) is 18.2 Å². The van der Waals surface area contributed by atoms with E-state index in [1.54, 1.807) is 18.6 Å². The van der Waals surface area contributed by atoms with Gasteiger partial charge in [0, 0.05) is 53.2 Å². The van der Waals surface area contributed by atoms with Gasteiger partial charge in [-0.15, -0.1) is 0 Å². The lowest BCUT2D eigenvalue weighted by molar-refractivity contribution is -0.137. The highest BCUT2D eigenvalue weighted by Gasteiger charge is 2.36. The van der Waals surface area contributed by atoms with Gasteiger partial charge in [-0.05, 0) is 37.1 Å². The Hall–Kier alpha value is -3.40. The minimum absolute atomic E-state index is 0.0778. The van der Waals surface area contributed by atoms with Gasteiger partial charge in [-0.25, -0.2) is 9.97 Å². The Morgan fingerprint density at radius 1 is 1.10 bits per heavy atom. The van der Waals surface area contributed by atoms with E-state index in [-0.39, 0.29) is 17.7 Å². The molecular weight excluding hydrogens is 407 g/mol. The van der Waals surface area contributed by atoms with E-state index >= 15 is 0 Å². The second kappa shape index (κ2) is 7.69. The summed E-state index contributed by atoms with van der Waals surface area (Å²) >= 11 is 0. The first-order valence-corrected chi connectivity index (χ1v) is 10.0. The molecule has 4 N–H and O–H groups in total. The number of H-pyrrole nitrogens is 2. The molecule has 0 aliphatic carbocycles. The largest absolute Gasteiger partial charge is 0.419 e. The average Bonchev–Trinajstić information content (AvgIpc) is 3.43. The Morgan fingerprint density at radius 2 is 2.00 bits per heavy atom. The topological polar surface area (TPSA) is 94.3 Å². The molecule has 0 bridgehead atoms. The molecule has 10 heteroatoms. The van der Waals surface area contributed by atoms with E-state index in [0.717, 1.165) is 48.8 Å². The lowest BCUT2D eigenvalue weighted by atomic mass is 10.0. The third kappa shape index (κ3) is 3.86. The molecule has 4 aromatic rings. The molecule has 0 spiro atoms. The minimum atomic E-state index is -4.58. The first-order chi connectivity index (χ1) is 15.0. The van der Waals surface area contributed by atoms with Gasteiger partial charge in [0.2, 0.25) is 5.95 Å². The average molecular weight is 427 g/mol. The Bertz CT molecular complexity index is 1190. The number of halogens is 3. The fourth-order valence-corrected chi connectivity index (χ4v) is 3.93. The Labute approximate surface area is 175 Å². The molecule has 1 fully saturated rings. The van der Waals surface area contributed by atoms with Gasteiger partial charge in [-0.3, -0.25) is 5.10 Å². The smallest absolute Gasteiger partial charge is 0.360 e. The molecule has 0 unspecified atom stereocenters. The maximum absolute atomic E-state index is 13.8. The Balaban J connectivity index is 1.61. The number of aromatic nitrogens is 5. The van der Waals surface area contributed by atoms with Crippen LogP contribution in [-0.4, -0.2) is 44.3 Å². The number of hydrogen-bond acceptors (Lipinski definition) is 5. The van der Waals surface area contributed by atoms with Crippen molar-refractivity contribution in [3.8, 4) is 22.4 Å². The maximum Gasteiger partial charge on any atom is 0.419 e. The van der Waals surface area contributed by atoms with Crippen LogP contribution in [0.4, 0.5) is 19.1 Å². The summed E-state index contributed by atoms with van der Waals surface area (Å²) in [5, 5.41) is 13.8. The van der Waals surface area contributed by atoms with E-state index in [9.17, 15) is 13.2 Å². The summed E-state index contributed by atoms with van der Waals surface area (Å²) in [6, 6.07) is 5.64. The Morgan fingerprint density at radius 3 is 2.74 bits per heavy atom. The third-order valence-corrected chi connectivity index (χ3v) is 5.49. The first-order valence-electron chi connectivity index (χ1n) is 10.0. The van der Waals surface area contributed by atoms with E-state index in [0.29, 0.717) is 10.9 Å². The van der Waals surface area contributed by atoms with Gasteiger partial charge in [-0.1, -0.05) is 6.07 Å². The van der Waals surface area contributed by atoms with Gasteiger partial charge in [0.05, 0.1) is 11.9 Å². The van der Waals surface area contributed by atoms with Crippen molar-refractivity contribution in [3.05, 3.63) is 48.5 Å². The summed E-state index contributed by atoms with van der Waals surface area (Å²) in [7, 11) is 0. The van der Waals surface area contributed by atoms with E-state index in [2.05, 4.69) is 35.8 Å². The fraction of sp³-hybridized carbons (Fsp3) is 0.286. The standard InChI is InChI=1S/C21H20F3N7/c22-21(23,24)17-11-27-20(30-14-2-1-5-25-9-14)31-19(17)16-10-26-18-4-3-12(6-15(16)18)13-7-28-29-8-13/h3-4,6-8,10-11,14,25-26H,1-2,5,9H2,(H,28,29)(H,27,30,31)/t14-/m0/s1. The third-order valence-electron chi connectivity index (χ3n) is 5.49. The highest BCUT2D eigenvalue weighted by molar-refractivity contribution is 5.97. The summed E-state index contributed by atoms with van der Waals surface area (Å²) in [6.45, 7) is 1.66. The minimum Gasteiger partial charge on any atom is -0.360 e. The van der Waals surface area contributed by atoms with Crippen molar-refractivity contribution in [2.45, 2.75) is 25.1 Å². The van der Waals surface area contributed by atoms with Crippen LogP contribution in [0.25, 0.3) is 33.3 Å². The SMILES string of the molecule is FC(F)(F)c1cnc(N[C@H]2CCCNC2)nc1-c1c[nH]c2ccc(-c3cn[nH]c3)cc12. The number of nitrogens with one attached hydrogen (secondary N) is 4. The second-order valence-corrected chi connectivity index (χ2v) is 7.59. The van der Waals surface area contributed by atoms with Crippen LogP contribution in [0, 0.1) is 0 Å². The number of benzene rings is 1. The summed E-state index contributed by atoms with van der Waals surface area (Å²) < 4.78 is 41.4. The van der Waals surface area contributed by atoms with Gasteiger partial charge in [0.1, 0.15) is 5.56 Å². The molecule has 1 aliphatic heterocycles. The van der Waals surface area contributed by atoms with Crippen LogP contribution in [0.5, 0.6) is 0 Å². The van der Waals surface area contributed by atoms with Crippen molar-refractivity contribution in [2.75, 3.05) is 18.4 Å². The molecule has 31 heavy (non-hydrogen) atoms. The second-order valence-electron chi connectivity index (χ2n) is 7.59. The predicted molar refractivity (Wildman–Crippen MR) is 111 cm³/mol. The molecule has 160 valence electrons. The van der Waals surface area contributed by atoms with Crippen molar-refractivity contribution in [3.63, 3.8) is 0 Å². The van der Waals surface area contributed by atoms with Crippen molar-refractivity contribution in [1.82, 2.24) is 30.5 Å². The molecule has 0 amide bonds. The number of nitrogens with zero attached hydrogens (tertiary/aromatic N) is 3. The van der Waals surface area contributed by atoms with Crippen molar-refractivity contribution in [2.24, 2.45) is 0 Å². The van der Waals surface area contributed by atoms with Crippen LogP contribution < -0.4 is 10.6 Å². The lowest BCUT2D eigenvalue weighted by Crippen LogP contribution is -2.38. The number of hydrogen-bond donors (Lipinski definition) is 4. The van der Waals surface area contributed by atoms with Crippen molar-refractivity contribution in [1.29, 1.82) is 0 Å². The first kappa shape index (κ1) is 19.6. The molecular formula is C21H20F3N7. The summed E-state index contributed by atoms with van der Waals surface area (Å²) in [4.78, 5) is 11.3. The van der Waals surface area contributed by atoms with Gasteiger partial charge in [0.15, 0.2) is 0 Å². The monoisotopic (exact) mass is 427 g/mol. The van der Waals surface area contributed by atoms with Gasteiger partial charge in [-0.2, -0.15) is 18.3 Å². The van der Waals surface area contributed by atoms with E-state index in [1.165, 1.54) is 0 Å². The lowest BCUT2D eigenvalue weighted by Gasteiger charge is -2.24. The van der Waals surface area contributed by atoms with Crippen molar-refractivity contribution >= 4 is 16.9 Å². The highest BCUT2D eigenvalue weighted by Crippen LogP contribution is 2.39. The predicted octanol–water partition coefficient (Wildman–Crippen LogP) is 4.20. The quantitative estimate of drug-likeness (QED) is 0.392. The molecule has 3 aromatic heterocycles. The molecule has 4 heterocycles. The number of anilines is 1. The maximum atomic E-state index is 13.8. The zero-order valence-corrected chi connectivity index (χ0v) is 16.4. The van der Waals surface area contributed by atoms with Crippen LogP contribution in [0.2, 0.25) is 0 Å². The summed E-state index contributed by atoms with van der Waals surface area (Å²) in [6.07, 6.45) is 3.15. The van der Waals surface area contributed by atoms with Crippen LogP contribution in [0.1, 0.15) is 18.4 Å². The van der Waals surface area contributed by atoms with Gasteiger partial charge >= 0.3 is 6.18 Å². The number of aromatic amines is 2. The van der Waals surface area contributed by atoms with E-state index < -0.39 is 11.7 Å². The molecule has 5 rings (SSSR count). The molecule has 7 nitrogen and oxygen atoms in total. The van der Waals surface area contributed by atoms with E-state index in [4.69, 9.17) is 0 Å². The fourth-order valence-electron chi connectivity index (χ4n) is 3.93. The number of alkyl halides is 3. The summed E-state index contributed by atoms with van der Waals surface area (Å²) in [5.41, 5.74) is 1.77. The molecule has 0 saturated carbocycles. The number of rotatable bonds is 4. The van der Waals surface area contributed by atoms with Gasteiger partial charge < -0.3 is 15.6 Å². The highest BCUT2D eigenvalue weighted by atomic mass is 19.4. The molecule has 1 saturated heterocycles. The zero-order valence-electron chi connectivity index (χ0n) is 16.4. The Kier molecular flexibility index (Phi) is 4.85.